The second kappa shape index (κ2) is 5.91. The van der Waals surface area contributed by atoms with Crippen molar-refractivity contribution in [3.8, 4) is 11.1 Å². The highest BCUT2D eigenvalue weighted by molar-refractivity contribution is 6.04. The van der Waals surface area contributed by atoms with Gasteiger partial charge in [0, 0.05) is 11.1 Å². The molecule has 22 heavy (non-hydrogen) atoms. The van der Waals surface area contributed by atoms with E-state index in [0.29, 0.717) is 18.9 Å². The highest BCUT2D eigenvalue weighted by atomic mass is 16.7. The Morgan fingerprint density at radius 3 is 2.27 bits per heavy atom. The van der Waals surface area contributed by atoms with E-state index < -0.39 is 5.79 Å². The molecule has 0 bridgehead atoms. The summed E-state index contributed by atoms with van der Waals surface area (Å²) < 4.78 is 11.6. The quantitative estimate of drug-likeness (QED) is 0.533. The van der Waals surface area contributed by atoms with Crippen LogP contribution in [0.3, 0.4) is 0 Å². The van der Waals surface area contributed by atoms with Crippen molar-refractivity contribution in [1.82, 2.24) is 0 Å². The average Bonchev–Trinajstić information content (AvgIpc) is 3.02. The van der Waals surface area contributed by atoms with E-state index in [1.807, 2.05) is 55.5 Å². The maximum absolute atomic E-state index is 9.13. The fourth-order valence-electron chi connectivity index (χ4n) is 2.87. The number of benzene rings is 2. The molecule has 0 saturated carbocycles. The van der Waals surface area contributed by atoms with Gasteiger partial charge in [-0.15, -0.1) is 0 Å². The summed E-state index contributed by atoms with van der Waals surface area (Å²) in [6.07, 6.45) is 0. The first-order valence-corrected chi connectivity index (χ1v) is 7.31. The lowest BCUT2D eigenvalue weighted by atomic mass is 9.90. The number of hydrogen-bond donors (Lipinski definition) is 1. The molecule has 4 nitrogen and oxygen atoms in total. The normalized spacial score (nSPS) is 17.6. The van der Waals surface area contributed by atoms with E-state index in [1.54, 1.807) is 6.92 Å². The molecule has 4 heteroatoms. The van der Waals surface area contributed by atoms with E-state index in [4.69, 9.17) is 14.7 Å². The van der Waals surface area contributed by atoms with Gasteiger partial charge in [-0.1, -0.05) is 53.7 Å². The summed E-state index contributed by atoms with van der Waals surface area (Å²) in [5.74, 6) is -0.742. The predicted octanol–water partition coefficient (Wildman–Crippen LogP) is 3.77. The molecule has 1 saturated heterocycles. The van der Waals surface area contributed by atoms with Crippen molar-refractivity contribution >= 4 is 5.71 Å². The Kier molecular flexibility index (Phi) is 3.96. The third kappa shape index (κ3) is 2.51. The van der Waals surface area contributed by atoms with Gasteiger partial charge in [0.15, 0.2) is 5.79 Å². The standard InChI is InChI=1S/C18H19NO3/c1-13(19-20)14-7-3-4-8-15(14)16-9-5-6-10-17(16)18(2)21-11-12-22-18/h3-10,20H,11-12H2,1-2H3/b19-13-. The van der Waals surface area contributed by atoms with Crippen LogP contribution in [0.25, 0.3) is 11.1 Å². The molecule has 0 aliphatic carbocycles. The Balaban J connectivity index is 2.18. The van der Waals surface area contributed by atoms with E-state index in [2.05, 4.69) is 5.16 Å². The highest BCUT2D eigenvalue weighted by Gasteiger charge is 2.35. The van der Waals surface area contributed by atoms with Gasteiger partial charge in [0.2, 0.25) is 0 Å². The summed E-state index contributed by atoms with van der Waals surface area (Å²) in [4.78, 5) is 0. The van der Waals surface area contributed by atoms with Gasteiger partial charge in [0.05, 0.1) is 18.9 Å². The second-order valence-electron chi connectivity index (χ2n) is 5.42. The van der Waals surface area contributed by atoms with Crippen LogP contribution in [0, 0.1) is 0 Å². The molecule has 2 aromatic rings. The van der Waals surface area contributed by atoms with Gasteiger partial charge < -0.3 is 14.7 Å². The van der Waals surface area contributed by atoms with E-state index in [1.165, 1.54) is 0 Å². The first-order chi connectivity index (χ1) is 10.7. The molecule has 0 aromatic heterocycles. The molecule has 0 unspecified atom stereocenters. The zero-order valence-electron chi connectivity index (χ0n) is 12.7. The van der Waals surface area contributed by atoms with Gasteiger partial charge in [-0.25, -0.2) is 0 Å². The van der Waals surface area contributed by atoms with Crippen molar-refractivity contribution in [2.24, 2.45) is 5.16 Å². The molecule has 1 heterocycles. The molecule has 1 aliphatic rings. The number of rotatable bonds is 3. The number of nitrogens with zero attached hydrogens (tertiary/aromatic N) is 1. The van der Waals surface area contributed by atoms with Crippen LogP contribution < -0.4 is 0 Å². The maximum Gasteiger partial charge on any atom is 0.192 e. The van der Waals surface area contributed by atoms with Crippen LogP contribution in [0.5, 0.6) is 0 Å². The molecular weight excluding hydrogens is 278 g/mol. The molecule has 0 spiro atoms. The van der Waals surface area contributed by atoms with Crippen LogP contribution in [0.2, 0.25) is 0 Å². The van der Waals surface area contributed by atoms with Crippen LogP contribution >= 0.6 is 0 Å². The van der Waals surface area contributed by atoms with Gasteiger partial charge in [0.25, 0.3) is 0 Å². The van der Waals surface area contributed by atoms with Gasteiger partial charge in [-0.05, 0) is 25.0 Å². The number of ether oxygens (including phenoxy) is 2. The Morgan fingerprint density at radius 2 is 1.59 bits per heavy atom. The summed E-state index contributed by atoms with van der Waals surface area (Å²) in [5, 5.41) is 12.5. The Morgan fingerprint density at radius 1 is 1.00 bits per heavy atom. The summed E-state index contributed by atoms with van der Waals surface area (Å²) in [5.41, 5.74) is 4.45. The molecule has 3 rings (SSSR count). The summed E-state index contributed by atoms with van der Waals surface area (Å²) in [6.45, 7) is 4.90. The molecule has 0 amide bonds. The Hall–Kier alpha value is -2.17. The minimum absolute atomic E-state index is 0.573. The first kappa shape index (κ1) is 14.8. The van der Waals surface area contributed by atoms with Crippen molar-refractivity contribution in [2.45, 2.75) is 19.6 Å². The fraction of sp³-hybridized carbons (Fsp3) is 0.278. The molecule has 1 aliphatic heterocycles. The largest absolute Gasteiger partial charge is 0.411 e. The van der Waals surface area contributed by atoms with E-state index in [0.717, 1.165) is 22.3 Å². The summed E-state index contributed by atoms with van der Waals surface area (Å²) >= 11 is 0. The topological polar surface area (TPSA) is 51.1 Å². The number of hydrogen-bond acceptors (Lipinski definition) is 4. The van der Waals surface area contributed by atoms with Gasteiger partial charge >= 0.3 is 0 Å². The monoisotopic (exact) mass is 297 g/mol. The summed E-state index contributed by atoms with van der Waals surface area (Å²) in [6, 6.07) is 15.9. The SMILES string of the molecule is C/C(=N/O)c1ccccc1-c1ccccc1C1(C)OCCO1. The van der Waals surface area contributed by atoms with Crippen LogP contribution in [-0.4, -0.2) is 24.1 Å². The predicted molar refractivity (Wildman–Crippen MR) is 85.1 cm³/mol. The van der Waals surface area contributed by atoms with Crippen LogP contribution in [-0.2, 0) is 15.3 Å². The highest BCUT2D eigenvalue weighted by Crippen LogP contribution is 2.38. The minimum atomic E-state index is -0.742. The van der Waals surface area contributed by atoms with Crippen molar-refractivity contribution < 1.29 is 14.7 Å². The molecular formula is C18H19NO3. The molecule has 114 valence electrons. The van der Waals surface area contributed by atoms with Crippen molar-refractivity contribution in [2.75, 3.05) is 13.2 Å². The molecule has 0 atom stereocenters. The van der Waals surface area contributed by atoms with Crippen LogP contribution in [0.1, 0.15) is 25.0 Å². The third-order valence-electron chi connectivity index (χ3n) is 4.01. The molecule has 1 N–H and O–H groups in total. The van der Waals surface area contributed by atoms with Gasteiger partial charge in [-0.3, -0.25) is 0 Å². The van der Waals surface area contributed by atoms with E-state index >= 15 is 0 Å². The lowest BCUT2D eigenvalue weighted by Crippen LogP contribution is -2.23. The maximum atomic E-state index is 9.13. The zero-order valence-corrected chi connectivity index (χ0v) is 12.7. The number of oxime groups is 1. The van der Waals surface area contributed by atoms with Crippen molar-refractivity contribution in [3.63, 3.8) is 0 Å². The first-order valence-electron chi connectivity index (χ1n) is 7.31. The molecule has 0 radical (unpaired) electrons. The molecule has 1 fully saturated rings. The second-order valence-corrected chi connectivity index (χ2v) is 5.42. The van der Waals surface area contributed by atoms with Crippen LogP contribution in [0.15, 0.2) is 53.7 Å². The average molecular weight is 297 g/mol. The smallest absolute Gasteiger partial charge is 0.192 e. The van der Waals surface area contributed by atoms with Gasteiger partial charge in [-0.2, -0.15) is 0 Å². The van der Waals surface area contributed by atoms with Crippen molar-refractivity contribution in [3.05, 3.63) is 59.7 Å². The van der Waals surface area contributed by atoms with Gasteiger partial charge in [0.1, 0.15) is 0 Å². The van der Waals surface area contributed by atoms with Crippen LogP contribution in [0.4, 0.5) is 0 Å². The third-order valence-corrected chi connectivity index (χ3v) is 4.01. The van der Waals surface area contributed by atoms with Crippen molar-refractivity contribution in [1.29, 1.82) is 0 Å². The lowest BCUT2D eigenvalue weighted by Gasteiger charge is -2.26. The van der Waals surface area contributed by atoms with E-state index in [9.17, 15) is 0 Å². The minimum Gasteiger partial charge on any atom is -0.411 e. The lowest BCUT2D eigenvalue weighted by molar-refractivity contribution is -0.149. The molecule has 2 aromatic carbocycles. The Bertz CT molecular complexity index is 703. The summed E-state index contributed by atoms with van der Waals surface area (Å²) in [7, 11) is 0. The van der Waals surface area contributed by atoms with E-state index in [-0.39, 0.29) is 0 Å². The zero-order chi connectivity index (χ0) is 15.6. The fourth-order valence-corrected chi connectivity index (χ4v) is 2.87. The Labute approximate surface area is 130 Å².